The summed E-state index contributed by atoms with van der Waals surface area (Å²) in [6.45, 7) is 0. The first kappa shape index (κ1) is 24.5. The molecule has 1 aromatic rings. The Kier molecular flexibility index (Phi) is 6.12. The van der Waals surface area contributed by atoms with Crippen LogP contribution in [0.2, 0.25) is 0 Å². The highest BCUT2D eigenvalue weighted by atomic mass is 32.2. The fraction of sp³-hybridized carbons (Fsp3) is 0.700. The van der Waals surface area contributed by atoms with Crippen molar-refractivity contribution >= 4 is 32.9 Å². The van der Waals surface area contributed by atoms with Crippen molar-refractivity contribution in [3.8, 4) is 0 Å². The lowest BCUT2D eigenvalue weighted by Crippen LogP contribution is -2.45. The molecule has 1 unspecified atom stereocenters. The van der Waals surface area contributed by atoms with E-state index in [9.17, 15) is 44.3 Å². The number of amides is 1. The quantitative estimate of drug-likeness (QED) is 0.561. The number of alkyl halides is 6. The minimum Gasteiger partial charge on any atom is -0.345 e. The third kappa shape index (κ3) is 5.08. The summed E-state index contributed by atoms with van der Waals surface area (Å²) in [7, 11) is -4.06. The molecule has 184 valence electrons. The molecule has 0 spiro atoms. The van der Waals surface area contributed by atoms with Crippen molar-refractivity contribution in [2.24, 2.45) is 11.8 Å². The van der Waals surface area contributed by atoms with Crippen LogP contribution >= 0.6 is 11.3 Å². The van der Waals surface area contributed by atoms with Crippen molar-refractivity contribution in [1.82, 2.24) is 5.32 Å². The number of fused-ring (bicyclic) bond motifs is 1. The second-order valence-electron chi connectivity index (χ2n) is 9.04. The van der Waals surface area contributed by atoms with Gasteiger partial charge in [0.15, 0.2) is 9.84 Å². The molecule has 2 atom stereocenters. The van der Waals surface area contributed by atoms with E-state index in [1.165, 1.54) is 0 Å². The lowest BCUT2D eigenvalue weighted by Gasteiger charge is -2.30. The second kappa shape index (κ2) is 8.24. The predicted octanol–water partition coefficient (Wildman–Crippen LogP) is 3.57. The van der Waals surface area contributed by atoms with Gasteiger partial charge in [0.1, 0.15) is 12.0 Å². The Morgan fingerprint density at radius 2 is 1.82 bits per heavy atom. The maximum absolute atomic E-state index is 13.3. The number of hydrogen-bond acceptors (Lipinski definition) is 5. The Hall–Kier alpha value is -1.63. The molecule has 33 heavy (non-hydrogen) atoms. The first-order chi connectivity index (χ1) is 15.2. The topological polar surface area (TPSA) is 80.3 Å². The number of halogens is 6. The van der Waals surface area contributed by atoms with Crippen LogP contribution in [0, 0.1) is 11.8 Å². The molecule has 0 radical (unpaired) electrons. The van der Waals surface area contributed by atoms with Gasteiger partial charge in [-0.25, -0.2) is 21.6 Å². The molecule has 0 saturated heterocycles. The van der Waals surface area contributed by atoms with Gasteiger partial charge in [-0.3, -0.25) is 9.59 Å². The molecule has 0 bridgehead atoms. The van der Waals surface area contributed by atoms with E-state index in [1.54, 1.807) is 0 Å². The highest BCUT2D eigenvalue weighted by Crippen LogP contribution is 2.50. The van der Waals surface area contributed by atoms with Gasteiger partial charge in [-0.05, 0) is 43.6 Å². The summed E-state index contributed by atoms with van der Waals surface area (Å²) in [6.07, 6.45) is -7.04. The minimum atomic E-state index is -5.09. The van der Waals surface area contributed by atoms with Crippen LogP contribution in [0.3, 0.4) is 0 Å². The van der Waals surface area contributed by atoms with E-state index in [0.717, 1.165) is 11.3 Å². The van der Waals surface area contributed by atoms with Crippen LogP contribution in [0.4, 0.5) is 26.3 Å². The molecule has 2 saturated carbocycles. The number of Topliss-reactive ketones (excluding diaryl/α,β-unsaturated/α-hetero) is 1. The van der Waals surface area contributed by atoms with Crippen LogP contribution in [0.5, 0.6) is 0 Å². The van der Waals surface area contributed by atoms with E-state index < -0.39 is 76.3 Å². The molecule has 0 aromatic carbocycles. The molecular formula is C20H21F6NO4S2. The van der Waals surface area contributed by atoms with Crippen LogP contribution in [0.1, 0.15) is 41.0 Å². The number of aryl methyl sites for hydroxylation is 1. The lowest BCUT2D eigenvalue weighted by molar-refractivity contribution is -0.174. The molecule has 1 amide bonds. The normalized spacial score (nSPS) is 28.5. The number of hydrogen-bond donors (Lipinski definition) is 1. The van der Waals surface area contributed by atoms with Gasteiger partial charge in [-0.15, -0.1) is 11.3 Å². The highest BCUT2D eigenvalue weighted by Gasteiger charge is 2.60. The summed E-state index contributed by atoms with van der Waals surface area (Å²) >= 11 is 0.988. The van der Waals surface area contributed by atoms with Gasteiger partial charge in [-0.2, -0.15) is 13.2 Å². The van der Waals surface area contributed by atoms with Crippen molar-refractivity contribution in [3.05, 3.63) is 15.3 Å². The number of carbonyl (C=O) groups excluding carboxylic acids is 2. The Balaban J connectivity index is 1.62. The average Bonchev–Trinajstić information content (AvgIpc) is 3.14. The second-order valence-corrected chi connectivity index (χ2v) is 12.2. The molecule has 1 heterocycles. The van der Waals surface area contributed by atoms with Crippen molar-refractivity contribution < 1.29 is 44.3 Å². The number of carbonyl (C=O) groups is 2. The predicted molar refractivity (Wildman–Crippen MR) is 106 cm³/mol. The Morgan fingerprint density at radius 1 is 1.18 bits per heavy atom. The minimum absolute atomic E-state index is 0.0678. The summed E-state index contributed by atoms with van der Waals surface area (Å²) in [5.41, 5.74) is 0.222. The van der Waals surface area contributed by atoms with E-state index in [2.05, 4.69) is 0 Å². The Bertz CT molecular complexity index is 1080. The SMILES string of the molecule is O=C(Cc1sc2c(c1S(=O)(=O)CC1CC(F)C1)C[C@@H](NC(=O)C(F)(F)F)CC2)C1CC1(F)F. The van der Waals surface area contributed by atoms with E-state index in [-0.39, 0.29) is 47.4 Å². The number of sulfone groups is 1. The molecule has 0 aliphatic heterocycles. The first-order valence-electron chi connectivity index (χ1n) is 10.5. The van der Waals surface area contributed by atoms with E-state index in [0.29, 0.717) is 4.88 Å². The van der Waals surface area contributed by atoms with E-state index in [4.69, 9.17) is 0 Å². The summed E-state index contributed by atoms with van der Waals surface area (Å²) in [5.74, 6) is -8.32. The third-order valence-electron chi connectivity index (χ3n) is 6.37. The fourth-order valence-electron chi connectivity index (χ4n) is 4.51. The maximum Gasteiger partial charge on any atom is 0.471 e. The largest absolute Gasteiger partial charge is 0.471 e. The van der Waals surface area contributed by atoms with E-state index >= 15 is 0 Å². The molecule has 4 rings (SSSR count). The highest BCUT2D eigenvalue weighted by molar-refractivity contribution is 7.91. The molecule has 2 fully saturated rings. The molecule has 1 aromatic heterocycles. The van der Waals surface area contributed by atoms with Gasteiger partial charge in [0.25, 0.3) is 5.92 Å². The Morgan fingerprint density at radius 3 is 2.36 bits per heavy atom. The van der Waals surface area contributed by atoms with Gasteiger partial charge in [-0.1, -0.05) is 0 Å². The van der Waals surface area contributed by atoms with Crippen molar-refractivity contribution in [3.63, 3.8) is 0 Å². The zero-order chi connectivity index (χ0) is 24.3. The third-order valence-corrected chi connectivity index (χ3v) is 9.81. The molecule has 13 heteroatoms. The van der Waals surface area contributed by atoms with Crippen molar-refractivity contribution in [1.29, 1.82) is 0 Å². The number of thiophene rings is 1. The van der Waals surface area contributed by atoms with Gasteiger partial charge in [0.05, 0.1) is 16.6 Å². The van der Waals surface area contributed by atoms with Crippen LogP contribution in [0.15, 0.2) is 4.90 Å². The fourth-order valence-corrected chi connectivity index (χ4v) is 8.40. The smallest absolute Gasteiger partial charge is 0.345 e. The molecular weight excluding hydrogens is 496 g/mol. The van der Waals surface area contributed by atoms with Crippen LogP contribution in [-0.2, 0) is 38.7 Å². The maximum atomic E-state index is 13.3. The lowest BCUT2D eigenvalue weighted by atomic mass is 9.85. The van der Waals surface area contributed by atoms with Crippen molar-refractivity contribution in [2.45, 2.75) is 74.2 Å². The first-order valence-corrected chi connectivity index (χ1v) is 12.9. The van der Waals surface area contributed by atoms with Gasteiger partial charge in [0, 0.05) is 28.6 Å². The summed E-state index contributed by atoms with van der Waals surface area (Å²) < 4.78 is 104. The number of nitrogens with one attached hydrogen (secondary N) is 1. The Labute approximate surface area is 189 Å². The van der Waals surface area contributed by atoms with Crippen LogP contribution in [-0.4, -0.2) is 50.2 Å². The molecule has 1 N–H and O–H groups in total. The summed E-state index contributed by atoms with van der Waals surface area (Å²) in [6, 6.07) is -0.967. The van der Waals surface area contributed by atoms with Crippen LogP contribution < -0.4 is 5.32 Å². The van der Waals surface area contributed by atoms with Gasteiger partial charge in [0.2, 0.25) is 0 Å². The number of rotatable bonds is 7. The zero-order valence-electron chi connectivity index (χ0n) is 17.2. The zero-order valence-corrected chi connectivity index (χ0v) is 18.8. The molecule has 3 aliphatic carbocycles. The average molecular weight is 518 g/mol. The summed E-state index contributed by atoms with van der Waals surface area (Å²) in [4.78, 5) is 24.1. The molecule has 5 nitrogen and oxygen atoms in total. The van der Waals surface area contributed by atoms with Crippen LogP contribution in [0.25, 0.3) is 0 Å². The summed E-state index contributed by atoms with van der Waals surface area (Å²) in [5, 5.41) is 1.87. The molecule has 3 aliphatic rings. The van der Waals surface area contributed by atoms with Crippen molar-refractivity contribution in [2.75, 3.05) is 5.75 Å². The number of ketones is 1. The van der Waals surface area contributed by atoms with E-state index in [1.807, 2.05) is 5.32 Å². The van der Waals surface area contributed by atoms with Gasteiger partial charge >= 0.3 is 12.1 Å². The standard InChI is InChI=1S/C20H21F6NO4S2/c21-10-3-9(4-10)8-33(30,31)17-12-5-11(27-18(29)20(24,25)26)1-2-15(12)32-16(17)6-14(28)13-7-19(13,22)23/h9-11,13H,1-8H2,(H,27,29)/t9?,10?,11-,13?/m0/s1. The van der Waals surface area contributed by atoms with Gasteiger partial charge < -0.3 is 5.32 Å². The monoisotopic (exact) mass is 517 g/mol.